The maximum atomic E-state index is 11.5. The molecule has 128 valence electrons. The van der Waals surface area contributed by atoms with E-state index >= 15 is 0 Å². The molecule has 3 aromatic rings. The SMILES string of the molecule is CCc1cc(Br)ccc1NC(=S)Nc1ccc2c(C)cc(=O)oc2c1. The smallest absolute Gasteiger partial charge is 0.336 e. The van der Waals surface area contributed by atoms with Crippen molar-refractivity contribution in [2.45, 2.75) is 20.3 Å². The third-order valence-corrected chi connectivity index (χ3v) is 4.60. The van der Waals surface area contributed by atoms with E-state index in [1.807, 2.05) is 31.2 Å². The molecule has 0 aliphatic carbocycles. The van der Waals surface area contributed by atoms with Gasteiger partial charge in [-0.15, -0.1) is 0 Å². The summed E-state index contributed by atoms with van der Waals surface area (Å²) in [7, 11) is 0. The molecule has 3 rings (SSSR count). The Kier molecular flexibility index (Phi) is 5.20. The van der Waals surface area contributed by atoms with Crippen LogP contribution in [0, 0.1) is 6.92 Å². The first-order chi connectivity index (χ1) is 12.0. The number of aryl methyl sites for hydroxylation is 2. The van der Waals surface area contributed by atoms with E-state index < -0.39 is 0 Å². The van der Waals surface area contributed by atoms with Gasteiger partial charge in [0.2, 0.25) is 0 Å². The van der Waals surface area contributed by atoms with E-state index in [0.29, 0.717) is 10.7 Å². The van der Waals surface area contributed by atoms with Gasteiger partial charge in [-0.3, -0.25) is 0 Å². The lowest BCUT2D eigenvalue weighted by molar-refractivity contribution is 0.560. The van der Waals surface area contributed by atoms with Gasteiger partial charge in [0, 0.05) is 33.4 Å². The number of hydrogen-bond donors (Lipinski definition) is 2. The molecule has 0 saturated carbocycles. The van der Waals surface area contributed by atoms with Gasteiger partial charge in [0.15, 0.2) is 5.11 Å². The van der Waals surface area contributed by atoms with E-state index in [9.17, 15) is 4.79 Å². The quantitative estimate of drug-likeness (QED) is 0.451. The minimum atomic E-state index is -0.356. The second-order valence-electron chi connectivity index (χ2n) is 5.69. The monoisotopic (exact) mass is 416 g/mol. The second-order valence-corrected chi connectivity index (χ2v) is 7.02. The summed E-state index contributed by atoms with van der Waals surface area (Å²) >= 11 is 8.89. The van der Waals surface area contributed by atoms with Crippen LogP contribution in [0.15, 0.2) is 56.1 Å². The molecule has 1 aromatic heterocycles. The summed E-state index contributed by atoms with van der Waals surface area (Å²) in [5, 5.41) is 7.73. The van der Waals surface area contributed by atoms with Crippen molar-refractivity contribution in [3.8, 4) is 0 Å². The molecule has 0 atom stereocenters. The van der Waals surface area contributed by atoms with Crippen LogP contribution in [0.25, 0.3) is 11.0 Å². The van der Waals surface area contributed by atoms with Crippen molar-refractivity contribution in [2.75, 3.05) is 10.6 Å². The normalized spacial score (nSPS) is 10.7. The van der Waals surface area contributed by atoms with Crippen LogP contribution in [0.2, 0.25) is 0 Å². The number of nitrogens with one attached hydrogen (secondary N) is 2. The van der Waals surface area contributed by atoms with Gasteiger partial charge < -0.3 is 15.1 Å². The molecule has 0 aliphatic heterocycles. The Morgan fingerprint density at radius 3 is 2.72 bits per heavy atom. The Hall–Kier alpha value is -2.18. The Morgan fingerprint density at radius 1 is 1.16 bits per heavy atom. The minimum Gasteiger partial charge on any atom is -0.423 e. The number of hydrogen-bond acceptors (Lipinski definition) is 3. The lowest BCUT2D eigenvalue weighted by Gasteiger charge is -2.14. The number of rotatable bonds is 3. The zero-order valence-electron chi connectivity index (χ0n) is 13.9. The lowest BCUT2D eigenvalue weighted by Crippen LogP contribution is -2.19. The second kappa shape index (κ2) is 7.37. The van der Waals surface area contributed by atoms with Crippen LogP contribution in [0.3, 0.4) is 0 Å². The predicted octanol–water partition coefficient (Wildman–Crippen LogP) is 5.24. The number of anilines is 2. The van der Waals surface area contributed by atoms with E-state index in [0.717, 1.165) is 33.2 Å². The fourth-order valence-corrected chi connectivity index (χ4v) is 3.30. The molecule has 0 bridgehead atoms. The highest BCUT2D eigenvalue weighted by atomic mass is 79.9. The van der Waals surface area contributed by atoms with E-state index in [-0.39, 0.29) is 5.63 Å². The van der Waals surface area contributed by atoms with Crippen LogP contribution in [0.4, 0.5) is 11.4 Å². The molecule has 0 amide bonds. The fraction of sp³-hybridized carbons (Fsp3) is 0.158. The third kappa shape index (κ3) is 4.08. The van der Waals surface area contributed by atoms with E-state index in [4.69, 9.17) is 16.6 Å². The third-order valence-electron chi connectivity index (χ3n) is 3.91. The van der Waals surface area contributed by atoms with Crippen LogP contribution >= 0.6 is 28.1 Å². The molecule has 2 aromatic carbocycles. The average Bonchev–Trinajstić information content (AvgIpc) is 2.55. The van der Waals surface area contributed by atoms with Gasteiger partial charge in [-0.05, 0) is 67.0 Å². The largest absolute Gasteiger partial charge is 0.423 e. The van der Waals surface area contributed by atoms with Crippen molar-refractivity contribution in [3.63, 3.8) is 0 Å². The first-order valence-electron chi connectivity index (χ1n) is 7.87. The predicted molar refractivity (Wildman–Crippen MR) is 111 cm³/mol. The van der Waals surface area contributed by atoms with Crippen LogP contribution < -0.4 is 16.3 Å². The summed E-state index contributed by atoms with van der Waals surface area (Å²) in [5.41, 5.74) is 3.96. The highest BCUT2D eigenvalue weighted by molar-refractivity contribution is 9.10. The van der Waals surface area contributed by atoms with Gasteiger partial charge in [-0.2, -0.15) is 0 Å². The zero-order chi connectivity index (χ0) is 18.0. The molecule has 0 spiro atoms. The molecule has 0 aliphatic rings. The van der Waals surface area contributed by atoms with Crippen LogP contribution in [-0.4, -0.2) is 5.11 Å². The number of benzene rings is 2. The topological polar surface area (TPSA) is 54.3 Å². The van der Waals surface area contributed by atoms with E-state index in [2.05, 4.69) is 39.6 Å². The van der Waals surface area contributed by atoms with E-state index in [1.54, 1.807) is 6.07 Å². The average molecular weight is 417 g/mol. The molecule has 0 unspecified atom stereocenters. The molecule has 0 fully saturated rings. The Bertz CT molecular complexity index is 1010. The maximum Gasteiger partial charge on any atom is 0.336 e. The molecular formula is C19H17BrN2O2S. The molecule has 2 N–H and O–H groups in total. The van der Waals surface area contributed by atoms with Gasteiger partial charge >= 0.3 is 5.63 Å². The number of thiocarbonyl (C=S) groups is 1. The van der Waals surface area contributed by atoms with Crippen molar-refractivity contribution < 1.29 is 4.42 Å². The molecule has 0 saturated heterocycles. The van der Waals surface area contributed by atoms with E-state index in [1.165, 1.54) is 11.6 Å². The highest BCUT2D eigenvalue weighted by Gasteiger charge is 2.07. The molecule has 1 heterocycles. The Balaban J connectivity index is 1.81. The standard InChI is InChI=1S/C19H17BrN2O2S/c1-3-12-9-13(20)4-7-16(12)22-19(25)21-14-5-6-15-11(2)8-18(23)24-17(15)10-14/h4-10H,3H2,1-2H3,(H2,21,22,25). The number of fused-ring (bicyclic) bond motifs is 1. The summed E-state index contributed by atoms with van der Waals surface area (Å²) in [6.45, 7) is 3.98. The molecule has 6 heteroatoms. The molecular weight excluding hydrogens is 400 g/mol. The zero-order valence-corrected chi connectivity index (χ0v) is 16.3. The Morgan fingerprint density at radius 2 is 1.96 bits per heavy atom. The summed E-state index contributed by atoms with van der Waals surface area (Å²) in [6.07, 6.45) is 0.894. The minimum absolute atomic E-state index is 0.356. The molecule has 0 radical (unpaired) electrons. The highest BCUT2D eigenvalue weighted by Crippen LogP contribution is 2.23. The van der Waals surface area contributed by atoms with Crippen LogP contribution in [0.5, 0.6) is 0 Å². The van der Waals surface area contributed by atoms with Crippen molar-refractivity contribution in [1.29, 1.82) is 0 Å². The summed E-state index contributed by atoms with van der Waals surface area (Å²) in [6, 6.07) is 13.1. The van der Waals surface area contributed by atoms with Gasteiger partial charge in [0.1, 0.15) is 5.58 Å². The first kappa shape index (κ1) is 17.6. The lowest BCUT2D eigenvalue weighted by atomic mass is 10.1. The molecule has 25 heavy (non-hydrogen) atoms. The van der Waals surface area contributed by atoms with Gasteiger partial charge in [-0.1, -0.05) is 22.9 Å². The maximum absolute atomic E-state index is 11.5. The van der Waals surface area contributed by atoms with Crippen molar-refractivity contribution in [1.82, 2.24) is 0 Å². The molecule has 4 nitrogen and oxygen atoms in total. The van der Waals surface area contributed by atoms with Crippen LogP contribution in [-0.2, 0) is 6.42 Å². The van der Waals surface area contributed by atoms with Gasteiger partial charge in [0.25, 0.3) is 0 Å². The van der Waals surface area contributed by atoms with Gasteiger partial charge in [-0.25, -0.2) is 4.79 Å². The summed E-state index contributed by atoms with van der Waals surface area (Å²) in [4.78, 5) is 11.5. The number of halogens is 1. The van der Waals surface area contributed by atoms with Gasteiger partial charge in [0.05, 0.1) is 0 Å². The summed E-state index contributed by atoms with van der Waals surface area (Å²) in [5.74, 6) is 0. The first-order valence-corrected chi connectivity index (χ1v) is 9.07. The van der Waals surface area contributed by atoms with Crippen molar-refractivity contribution in [3.05, 3.63) is 68.5 Å². The van der Waals surface area contributed by atoms with Crippen LogP contribution in [0.1, 0.15) is 18.1 Å². The fourth-order valence-electron chi connectivity index (χ4n) is 2.66. The van der Waals surface area contributed by atoms with Crippen molar-refractivity contribution in [2.24, 2.45) is 0 Å². The Labute approximate surface area is 159 Å². The van der Waals surface area contributed by atoms with Crippen molar-refractivity contribution >= 4 is 55.6 Å². The summed E-state index contributed by atoms with van der Waals surface area (Å²) < 4.78 is 6.30.